The number of amides is 2. The van der Waals surface area contributed by atoms with E-state index in [1.807, 2.05) is 30.3 Å². The Morgan fingerprint density at radius 2 is 1.86 bits per heavy atom. The molecule has 3 rings (SSSR count). The molecule has 1 N–H and O–H groups in total. The fourth-order valence-electron chi connectivity index (χ4n) is 3.83. The number of halogens is 1. The zero-order chi connectivity index (χ0) is 20.6. The third-order valence-corrected chi connectivity index (χ3v) is 5.36. The number of carbonyl (C=O) groups is 2. The molecule has 1 unspecified atom stereocenters. The van der Waals surface area contributed by atoms with Crippen LogP contribution in [-0.4, -0.2) is 54.8 Å². The number of hydrogen-bond acceptors (Lipinski definition) is 3. The molecule has 6 heteroatoms. The van der Waals surface area contributed by atoms with Gasteiger partial charge in [0.15, 0.2) is 0 Å². The highest BCUT2D eigenvalue weighted by Crippen LogP contribution is 2.18. The van der Waals surface area contributed by atoms with Gasteiger partial charge < -0.3 is 15.1 Å². The van der Waals surface area contributed by atoms with Crippen molar-refractivity contribution in [3.8, 4) is 0 Å². The van der Waals surface area contributed by atoms with E-state index in [-0.39, 0.29) is 5.82 Å². The van der Waals surface area contributed by atoms with E-state index in [4.69, 9.17) is 0 Å². The van der Waals surface area contributed by atoms with Gasteiger partial charge in [-0.05, 0) is 55.5 Å². The maximum Gasteiger partial charge on any atom is 0.313 e. The lowest BCUT2D eigenvalue weighted by atomic mass is 9.97. The van der Waals surface area contributed by atoms with Gasteiger partial charge in [-0.2, -0.15) is 0 Å². The second-order valence-corrected chi connectivity index (χ2v) is 7.66. The summed E-state index contributed by atoms with van der Waals surface area (Å²) in [5.74, 6) is -0.998. The van der Waals surface area contributed by atoms with Crippen molar-refractivity contribution in [2.24, 2.45) is 5.92 Å². The Hall–Kier alpha value is -2.73. The van der Waals surface area contributed by atoms with Crippen LogP contribution < -0.4 is 5.32 Å². The van der Waals surface area contributed by atoms with Gasteiger partial charge in [-0.15, -0.1) is 0 Å². The summed E-state index contributed by atoms with van der Waals surface area (Å²) in [5.41, 5.74) is 1.34. The van der Waals surface area contributed by atoms with Crippen molar-refractivity contribution < 1.29 is 14.0 Å². The summed E-state index contributed by atoms with van der Waals surface area (Å²) in [6, 6.07) is 15.9. The number of nitrogens with one attached hydrogen (secondary N) is 1. The average Bonchev–Trinajstić information content (AvgIpc) is 2.73. The predicted molar refractivity (Wildman–Crippen MR) is 112 cm³/mol. The van der Waals surface area contributed by atoms with Crippen LogP contribution in [0.25, 0.3) is 0 Å². The Kier molecular flexibility index (Phi) is 7.36. The number of nitrogens with zero attached hydrogens (tertiary/aromatic N) is 2. The quantitative estimate of drug-likeness (QED) is 0.762. The number of carbonyl (C=O) groups excluding carboxylic acids is 2. The lowest BCUT2D eigenvalue weighted by Gasteiger charge is -2.34. The Morgan fingerprint density at radius 3 is 2.62 bits per heavy atom. The molecule has 1 saturated heterocycles. The number of likely N-dealkylation sites (N-methyl/N-ethyl adjacent to an activating group) is 1. The number of piperidine rings is 1. The molecule has 2 aromatic carbocycles. The van der Waals surface area contributed by atoms with Gasteiger partial charge in [0.1, 0.15) is 5.82 Å². The van der Waals surface area contributed by atoms with Crippen molar-refractivity contribution in [2.45, 2.75) is 19.3 Å². The second-order valence-electron chi connectivity index (χ2n) is 7.66. The van der Waals surface area contributed by atoms with Gasteiger partial charge in [0.05, 0.1) is 0 Å². The monoisotopic (exact) mass is 397 g/mol. The van der Waals surface area contributed by atoms with Crippen LogP contribution in [0.2, 0.25) is 0 Å². The van der Waals surface area contributed by atoms with E-state index in [0.29, 0.717) is 24.6 Å². The largest absolute Gasteiger partial charge is 0.337 e. The third-order valence-electron chi connectivity index (χ3n) is 5.36. The first-order chi connectivity index (χ1) is 14.0. The first kappa shape index (κ1) is 21.0. The smallest absolute Gasteiger partial charge is 0.313 e. The summed E-state index contributed by atoms with van der Waals surface area (Å²) in [7, 11) is 1.67. The molecule has 2 aromatic rings. The highest BCUT2D eigenvalue weighted by molar-refractivity contribution is 6.39. The highest BCUT2D eigenvalue weighted by Gasteiger charge is 2.25. The topological polar surface area (TPSA) is 52.7 Å². The van der Waals surface area contributed by atoms with E-state index in [1.54, 1.807) is 25.2 Å². The molecule has 1 atom stereocenters. The van der Waals surface area contributed by atoms with E-state index in [9.17, 15) is 14.0 Å². The molecule has 5 nitrogen and oxygen atoms in total. The fourth-order valence-corrected chi connectivity index (χ4v) is 3.83. The summed E-state index contributed by atoms with van der Waals surface area (Å²) >= 11 is 0. The van der Waals surface area contributed by atoms with Crippen molar-refractivity contribution in [1.29, 1.82) is 0 Å². The van der Waals surface area contributed by atoms with Gasteiger partial charge in [-0.25, -0.2) is 4.39 Å². The van der Waals surface area contributed by atoms with Crippen LogP contribution in [0.3, 0.4) is 0 Å². The van der Waals surface area contributed by atoms with Gasteiger partial charge in [0.2, 0.25) is 0 Å². The molecule has 0 aromatic heterocycles. The third kappa shape index (κ3) is 6.12. The number of hydrogen-bond donors (Lipinski definition) is 1. The van der Waals surface area contributed by atoms with Gasteiger partial charge in [0, 0.05) is 32.4 Å². The number of para-hydroxylation sites is 1. The van der Waals surface area contributed by atoms with Gasteiger partial charge in [0.25, 0.3) is 0 Å². The maximum absolute atomic E-state index is 13.8. The van der Waals surface area contributed by atoms with Crippen LogP contribution >= 0.6 is 0 Å². The molecular weight excluding hydrogens is 369 g/mol. The summed E-state index contributed by atoms with van der Waals surface area (Å²) in [6.07, 6.45) is 2.74. The zero-order valence-electron chi connectivity index (χ0n) is 16.8. The lowest BCUT2D eigenvalue weighted by molar-refractivity contribution is -0.142. The Bertz CT molecular complexity index is 828. The molecule has 154 valence electrons. The van der Waals surface area contributed by atoms with Crippen LogP contribution in [-0.2, 0) is 16.0 Å². The van der Waals surface area contributed by atoms with E-state index in [2.05, 4.69) is 10.2 Å². The minimum absolute atomic E-state index is 0.157. The number of rotatable bonds is 6. The van der Waals surface area contributed by atoms with Crippen molar-refractivity contribution in [3.05, 3.63) is 66.0 Å². The summed E-state index contributed by atoms with van der Waals surface area (Å²) in [5, 5.41) is 2.64. The van der Waals surface area contributed by atoms with Crippen molar-refractivity contribution in [1.82, 2.24) is 9.80 Å². The molecule has 0 radical (unpaired) electrons. The average molecular weight is 397 g/mol. The van der Waals surface area contributed by atoms with Gasteiger partial charge in [-0.3, -0.25) is 9.59 Å². The lowest BCUT2D eigenvalue weighted by Crippen LogP contribution is -2.44. The summed E-state index contributed by atoms with van der Waals surface area (Å²) in [6.45, 7) is 3.17. The molecule has 0 saturated carbocycles. The predicted octanol–water partition coefficient (Wildman–Crippen LogP) is 3.18. The normalized spacial score (nSPS) is 17.0. The van der Waals surface area contributed by atoms with Crippen LogP contribution in [0, 0.1) is 11.7 Å². The molecule has 0 bridgehead atoms. The van der Waals surface area contributed by atoms with Crippen molar-refractivity contribution in [3.63, 3.8) is 0 Å². The van der Waals surface area contributed by atoms with Gasteiger partial charge >= 0.3 is 11.8 Å². The van der Waals surface area contributed by atoms with Crippen LogP contribution in [0.5, 0.6) is 0 Å². The van der Waals surface area contributed by atoms with E-state index in [1.165, 1.54) is 11.0 Å². The highest BCUT2D eigenvalue weighted by atomic mass is 19.1. The summed E-state index contributed by atoms with van der Waals surface area (Å²) in [4.78, 5) is 28.4. The van der Waals surface area contributed by atoms with Crippen LogP contribution in [0.15, 0.2) is 54.6 Å². The maximum atomic E-state index is 13.8. The van der Waals surface area contributed by atoms with Crippen molar-refractivity contribution >= 4 is 17.5 Å². The molecule has 0 spiro atoms. The molecule has 1 fully saturated rings. The first-order valence-electron chi connectivity index (χ1n) is 10.1. The number of likely N-dealkylation sites (tertiary alicyclic amines) is 1. The summed E-state index contributed by atoms with van der Waals surface area (Å²) < 4.78 is 13.8. The molecule has 1 heterocycles. The Labute approximate surface area is 171 Å². The molecule has 1 aliphatic heterocycles. The number of anilines is 1. The Morgan fingerprint density at radius 1 is 1.14 bits per heavy atom. The first-order valence-corrected chi connectivity index (χ1v) is 10.1. The van der Waals surface area contributed by atoms with E-state index < -0.39 is 11.8 Å². The Balaban J connectivity index is 1.47. The molecule has 29 heavy (non-hydrogen) atoms. The van der Waals surface area contributed by atoms with Crippen LogP contribution in [0.1, 0.15) is 18.4 Å². The second kappa shape index (κ2) is 10.2. The molecule has 0 aliphatic carbocycles. The van der Waals surface area contributed by atoms with Crippen molar-refractivity contribution in [2.75, 3.05) is 38.5 Å². The minimum atomic E-state index is -0.620. The van der Waals surface area contributed by atoms with E-state index >= 15 is 0 Å². The minimum Gasteiger partial charge on any atom is -0.337 e. The van der Waals surface area contributed by atoms with Gasteiger partial charge in [-0.1, -0.05) is 36.4 Å². The SMILES string of the molecule is CN(CC1CCCN(CCc2ccccc2F)C1)C(=O)C(=O)Nc1ccccc1. The van der Waals surface area contributed by atoms with Crippen LogP contribution in [0.4, 0.5) is 10.1 Å². The standard InChI is InChI=1S/C23H28FN3O2/c1-26(23(29)22(28)25-20-10-3-2-4-11-20)16-18-8-7-14-27(17-18)15-13-19-9-5-6-12-21(19)24/h2-6,9-12,18H,7-8,13-17H2,1H3,(H,25,28). The molecule has 2 amide bonds. The number of benzene rings is 2. The zero-order valence-corrected chi connectivity index (χ0v) is 16.8. The molecule has 1 aliphatic rings. The fraction of sp³-hybridized carbons (Fsp3) is 0.391. The van der Waals surface area contributed by atoms with E-state index in [0.717, 1.165) is 38.0 Å². The molecular formula is C23H28FN3O2.